The van der Waals surface area contributed by atoms with Gasteiger partial charge in [-0.3, -0.25) is 37.3 Å². The molecule has 0 heterocycles. The van der Waals surface area contributed by atoms with E-state index in [1.165, 1.54) is 0 Å². The average molecular weight is 1420 g/mol. The average Bonchev–Trinajstić information content (AvgIpc) is 1.04. The molecule has 0 aliphatic heterocycles. The third kappa shape index (κ3) is 69.7. The number of rotatable bonds is 69. The highest BCUT2D eigenvalue weighted by Crippen LogP contribution is 2.45. The van der Waals surface area contributed by atoms with E-state index in [1.807, 2.05) is 0 Å². The Morgan fingerprint density at radius 3 is 0.816 bits per heavy atom. The molecule has 0 rings (SSSR count). The predicted molar refractivity (Wildman–Crippen MR) is 399 cm³/mol. The summed E-state index contributed by atoms with van der Waals surface area (Å²) in [5, 5.41) is 10.6. The fourth-order valence-electron chi connectivity index (χ4n) is 9.48. The van der Waals surface area contributed by atoms with E-state index in [4.69, 9.17) is 37.0 Å². The number of phosphoric ester groups is 2. The van der Waals surface area contributed by atoms with E-state index in [1.54, 1.807) is 0 Å². The largest absolute Gasteiger partial charge is 0.472 e. The molecule has 0 saturated heterocycles. The van der Waals surface area contributed by atoms with Crippen LogP contribution in [0.3, 0.4) is 0 Å². The van der Waals surface area contributed by atoms with Crippen LogP contribution in [-0.2, 0) is 65.4 Å². The molecule has 0 aromatic heterocycles. The second-order valence-corrected chi connectivity index (χ2v) is 27.3. The normalized spacial score (nSPS) is 14.7. The second-order valence-electron chi connectivity index (χ2n) is 24.4. The molecule has 19 heteroatoms. The van der Waals surface area contributed by atoms with Crippen molar-refractivity contribution in [1.29, 1.82) is 0 Å². The van der Waals surface area contributed by atoms with E-state index >= 15 is 0 Å². The molecule has 0 amide bonds. The zero-order chi connectivity index (χ0) is 71.8. The highest BCUT2D eigenvalue weighted by Gasteiger charge is 2.30. The van der Waals surface area contributed by atoms with Gasteiger partial charge in [0.2, 0.25) is 0 Å². The lowest BCUT2D eigenvalue weighted by Gasteiger charge is -2.21. The number of aliphatic hydroxyl groups excluding tert-OH is 1. The Kier molecular flexibility index (Phi) is 67.2. The monoisotopic (exact) mass is 1410 g/mol. The van der Waals surface area contributed by atoms with Crippen molar-refractivity contribution in [3.8, 4) is 0 Å². The summed E-state index contributed by atoms with van der Waals surface area (Å²) >= 11 is 0. The first-order valence-corrected chi connectivity index (χ1v) is 40.4. The van der Waals surface area contributed by atoms with E-state index in [0.717, 1.165) is 205 Å². The number of allylic oxidation sites excluding steroid dienone is 22. The van der Waals surface area contributed by atoms with Crippen molar-refractivity contribution in [3.63, 3.8) is 0 Å². The van der Waals surface area contributed by atoms with Crippen molar-refractivity contribution in [2.75, 3.05) is 39.6 Å². The van der Waals surface area contributed by atoms with Gasteiger partial charge in [0.05, 0.1) is 26.4 Å². The quantitative estimate of drug-likeness (QED) is 0.0169. The maximum Gasteiger partial charge on any atom is 0.472 e. The molecule has 5 unspecified atom stereocenters. The Labute approximate surface area is 593 Å². The van der Waals surface area contributed by atoms with Crippen LogP contribution in [0, 0.1) is 0 Å². The number of hydrogen-bond acceptors (Lipinski definition) is 15. The van der Waals surface area contributed by atoms with Crippen molar-refractivity contribution >= 4 is 39.5 Å². The zero-order valence-electron chi connectivity index (χ0n) is 60.9. The fraction of sp³-hybridized carbons (Fsp3) is 0.671. The molecular weight excluding hydrogens is 1280 g/mol. The molecule has 0 aliphatic rings. The highest BCUT2D eigenvalue weighted by atomic mass is 31.2. The van der Waals surface area contributed by atoms with Crippen LogP contribution >= 0.6 is 15.6 Å². The van der Waals surface area contributed by atoms with E-state index in [-0.39, 0.29) is 25.7 Å². The summed E-state index contributed by atoms with van der Waals surface area (Å²) in [5.74, 6) is -2.25. The smallest absolute Gasteiger partial charge is 0.462 e. The van der Waals surface area contributed by atoms with Gasteiger partial charge in [-0.1, -0.05) is 245 Å². The lowest BCUT2D eigenvalue weighted by Crippen LogP contribution is -2.30. The van der Waals surface area contributed by atoms with Crippen molar-refractivity contribution < 1.29 is 80.2 Å². The summed E-state index contributed by atoms with van der Waals surface area (Å²) in [7, 11) is -9.97. The summed E-state index contributed by atoms with van der Waals surface area (Å²) in [4.78, 5) is 72.8. The van der Waals surface area contributed by atoms with Crippen LogP contribution in [0.4, 0.5) is 0 Å². The maximum absolute atomic E-state index is 13.1. The number of unbranched alkanes of at least 4 members (excludes halogenated alkanes) is 21. The van der Waals surface area contributed by atoms with Gasteiger partial charge in [0.25, 0.3) is 0 Å². The molecule has 98 heavy (non-hydrogen) atoms. The molecule has 0 aliphatic carbocycles. The summed E-state index contributed by atoms with van der Waals surface area (Å²) in [6.07, 6.45) is 77.3. The summed E-state index contributed by atoms with van der Waals surface area (Å²) < 4.78 is 68.4. The molecule has 0 aromatic rings. The molecule has 17 nitrogen and oxygen atoms in total. The third-order valence-electron chi connectivity index (χ3n) is 15.1. The third-order valence-corrected chi connectivity index (χ3v) is 17.0. The summed E-state index contributed by atoms with van der Waals surface area (Å²) in [5.41, 5.74) is 0. The maximum atomic E-state index is 13.1. The minimum atomic E-state index is -4.99. The number of phosphoric acid groups is 2. The van der Waals surface area contributed by atoms with Crippen molar-refractivity contribution in [1.82, 2.24) is 0 Å². The van der Waals surface area contributed by atoms with Crippen LogP contribution in [0.15, 0.2) is 134 Å². The Balaban J connectivity index is 5.40. The van der Waals surface area contributed by atoms with Gasteiger partial charge in [-0.05, 0) is 148 Å². The van der Waals surface area contributed by atoms with Gasteiger partial charge in [-0.15, -0.1) is 0 Å². The number of ether oxygens (including phenoxy) is 4. The van der Waals surface area contributed by atoms with Crippen molar-refractivity contribution in [2.24, 2.45) is 0 Å². The molecule has 3 N–H and O–H groups in total. The Bertz CT molecular complexity index is 2380. The van der Waals surface area contributed by atoms with E-state index < -0.39 is 97.5 Å². The summed E-state index contributed by atoms with van der Waals surface area (Å²) in [6, 6.07) is 0. The summed E-state index contributed by atoms with van der Waals surface area (Å²) in [6.45, 7) is 4.38. The molecule has 0 bridgehead atoms. The molecule has 0 saturated carbocycles. The molecule has 560 valence electrons. The molecule has 5 atom stereocenters. The van der Waals surface area contributed by atoms with Crippen LogP contribution in [0.25, 0.3) is 0 Å². The van der Waals surface area contributed by atoms with Gasteiger partial charge in [-0.2, -0.15) is 0 Å². The first kappa shape index (κ1) is 93.2. The van der Waals surface area contributed by atoms with Crippen molar-refractivity contribution in [2.45, 2.75) is 303 Å². The number of carbonyl (C=O) groups is 4. The van der Waals surface area contributed by atoms with Gasteiger partial charge in [0.15, 0.2) is 12.2 Å². The topological polar surface area (TPSA) is 237 Å². The van der Waals surface area contributed by atoms with Crippen LogP contribution in [0.5, 0.6) is 0 Å². The van der Waals surface area contributed by atoms with E-state index in [2.05, 4.69) is 161 Å². The first-order chi connectivity index (χ1) is 47.7. The van der Waals surface area contributed by atoms with Gasteiger partial charge in [-0.25, -0.2) is 9.13 Å². The van der Waals surface area contributed by atoms with Crippen molar-refractivity contribution in [3.05, 3.63) is 134 Å². The minimum Gasteiger partial charge on any atom is -0.462 e. The minimum absolute atomic E-state index is 0.0678. The fourth-order valence-corrected chi connectivity index (χ4v) is 11.1. The second kappa shape index (κ2) is 70.6. The Morgan fingerprint density at radius 1 is 0.296 bits per heavy atom. The Hall–Kier alpha value is -4.80. The zero-order valence-corrected chi connectivity index (χ0v) is 62.7. The first-order valence-electron chi connectivity index (χ1n) is 37.4. The lowest BCUT2D eigenvalue weighted by atomic mass is 10.1. The van der Waals surface area contributed by atoms with E-state index in [9.17, 15) is 43.2 Å². The molecule has 0 radical (unpaired) electrons. The van der Waals surface area contributed by atoms with Crippen LogP contribution < -0.4 is 0 Å². The Morgan fingerprint density at radius 2 is 0.531 bits per heavy atom. The highest BCUT2D eigenvalue weighted by molar-refractivity contribution is 7.47. The van der Waals surface area contributed by atoms with Crippen LogP contribution in [0.1, 0.15) is 285 Å². The van der Waals surface area contributed by atoms with Crippen LogP contribution in [-0.4, -0.2) is 96.7 Å². The molecular formula is C79H132O17P2. The standard InChI is InChI=1S/C79H132O17P2/c1-5-9-13-17-21-25-29-33-36-40-43-47-51-55-59-63-76(81)89-69-74(95-78(83)65-61-57-53-49-45-39-32-28-24-20-16-12-8-4)71-93-97(85,86)91-67-73(80)68-92-98(87,88)94-72-75(96-79(84)66-62-58-54-50-46-42-38-35-31-27-23-19-15-11-7-3)70-90-77(82)64-60-56-52-48-44-41-37-34-30-26-22-18-14-10-6-2/h9-11,13-16,20-23,25-28,32-38,73-75,80H,5-8,12,17-19,24,29-31,39-72H2,1-4H3,(H,85,86)(H,87,88)/b13-9-,14-10-,15-11-,20-16-,25-21-,26-22-,27-23-,32-28-,36-33-,37-34-,38-35-. The van der Waals surface area contributed by atoms with Crippen LogP contribution in [0.2, 0.25) is 0 Å². The predicted octanol–water partition coefficient (Wildman–Crippen LogP) is 21.3. The number of aliphatic hydroxyl groups is 1. The molecule has 0 aromatic carbocycles. The number of carbonyl (C=O) groups excluding carboxylic acids is 4. The van der Waals surface area contributed by atoms with Gasteiger partial charge in [0, 0.05) is 25.7 Å². The SMILES string of the molecule is CC/C=C\C/C=C\C/C=C\CCCCCCCC(=O)OCC(COP(=O)(O)OCC(O)COP(=O)(O)OCC(COC(=O)CCCCCCC/C=C\C/C=C\C/C=C\CC)OC(=O)CCCCCCC/C=C\C/C=C\CCC)OC(=O)CCCCCCC/C=C\C/C=C\C/C=C\CC. The molecule has 0 fully saturated rings. The van der Waals surface area contributed by atoms with Gasteiger partial charge in [0.1, 0.15) is 19.3 Å². The number of esters is 4. The molecule has 0 spiro atoms. The van der Waals surface area contributed by atoms with Gasteiger partial charge >= 0.3 is 39.5 Å². The van der Waals surface area contributed by atoms with E-state index in [0.29, 0.717) is 25.7 Å². The number of hydrogen-bond donors (Lipinski definition) is 3. The lowest BCUT2D eigenvalue weighted by molar-refractivity contribution is -0.161. The van der Waals surface area contributed by atoms with Gasteiger partial charge < -0.3 is 33.8 Å².